The van der Waals surface area contributed by atoms with E-state index in [0.29, 0.717) is 18.1 Å². The molecule has 0 aliphatic carbocycles. The summed E-state index contributed by atoms with van der Waals surface area (Å²) in [6, 6.07) is 7.67. The van der Waals surface area contributed by atoms with Crippen molar-refractivity contribution in [2.45, 2.75) is 26.1 Å². The predicted octanol–water partition coefficient (Wildman–Crippen LogP) is 2.90. The Kier molecular flexibility index (Phi) is 3.21. The number of para-hydroxylation sites is 1. The van der Waals surface area contributed by atoms with Crippen molar-refractivity contribution in [1.29, 1.82) is 0 Å². The van der Waals surface area contributed by atoms with Crippen molar-refractivity contribution in [3.63, 3.8) is 0 Å². The molecule has 2 atom stereocenters. The molecule has 0 radical (unpaired) electrons. The van der Waals surface area contributed by atoms with E-state index in [2.05, 4.69) is 0 Å². The minimum Gasteiger partial charge on any atom is -0.486 e. The molecule has 4 heteroatoms. The normalized spacial score (nSPS) is 19.9. The Morgan fingerprint density at radius 1 is 1.37 bits per heavy atom. The lowest BCUT2D eigenvalue weighted by atomic mass is 10.0. The molecule has 1 fully saturated rings. The van der Waals surface area contributed by atoms with Gasteiger partial charge in [-0.1, -0.05) is 26.0 Å². The molecule has 102 valence electrons. The van der Waals surface area contributed by atoms with E-state index < -0.39 is 6.10 Å². The van der Waals surface area contributed by atoms with Gasteiger partial charge in [-0.2, -0.15) is 0 Å². The van der Waals surface area contributed by atoms with Crippen LogP contribution in [0.4, 0.5) is 0 Å². The standard InChI is InChI=1S/C15H18O4/c1-9(2)13(16)15-14(18-8-10-7-17-10)11-5-3-4-6-12(11)19-15/h3-6,9-10,13,16H,7-8H2,1-2H3. The fraction of sp³-hybridized carbons (Fsp3) is 0.467. The van der Waals surface area contributed by atoms with Crippen LogP contribution in [0.2, 0.25) is 0 Å². The van der Waals surface area contributed by atoms with Gasteiger partial charge in [0.25, 0.3) is 0 Å². The summed E-state index contributed by atoms with van der Waals surface area (Å²) in [5.74, 6) is 1.23. The fourth-order valence-electron chi connectivity index (χ4n) is 2.03. The number of benzene rings is 1. The summed E-state index contributed by atoms with van der Waals surface area (Å²) in [7, 11) is 0. The van der Waals surface area contributed by atoms with Crippen molar-refractivity contribution >= 4 is 11.0 Å². The molecular formula is C15H18O4. The molecule has 2 unspecified atom stereocenters. The molecule has 0 bridgehead atoms. The van der Waals surface area contributed by atoms with Crippen molar-refractivity contribution in [2.24, 2.45) is 5.92 Å². The third kappa shape index (κ3) is 2.46. The van der Waals surface area contributed by atoms with E-state index in [0.717, 1.165) is 17.6 Å². The third-order valence-electron chi connectivity index (χ3n) is 3.29. The summed E-state index contributed by atoms with van der Waals surface area (Å²) in [6.45, 7) is 5.15. The summed E-state index contributed by atoms with van der Waals surface area (Å²) < 4.78 is 16.7. The van der Waals surface area contributed by atoms with Gasteiger partial charge in [0.05, 0.1) is 12.0 Å². The zero-order chi connectivity index (χ0) is 13.4. The minimum absolute atomic E-state index is 0.0695. The Labute approximate surface area is 111 Å². The second kappa shape index (κ2) is 4.87. The van der Waals surface area contributed by atoms with Gasteiger partial charge < -0.3 is 19.0 Å². The van der Waals surface area contributed by atoms with Crippen LogP contribution in [-0.4, -0.2) is 24.4 Å². The number of ether oxygens (including phenoxy) is 2. The van der Waals surface area contributed by atoms with E-state index in [-0.39, 0.29) is 12.0 Å². The van der Waals surface area contributed by atoms with E-state index >= 15 is 0 Å². The lowest BCUT2D eigenvalue weighted by Gasteiger charge is -2.13. The van der Waals surface area contributed by atoms with Crippen molar-refractivity contribution < 1.29 is 19.0 Å². The van der Waals surface area contributed by atoms with Crippen LogP contribution in [-0.2, 0) is 4.74 Å². The lowest BCUT2D eigenvalue weighted by Crippen LogP contribution is -2.09. The SMILES string of the molecule is CC(C)C(O)c1oc2ccccc2c1OCC1CO1. The van der Waals surface area contributed by atoms with Crippen LogP contribution in [0, 0.1) is 5.92 Å². The zero-order valence-corrected chi connectivity index (χ0v) is 11.1. The van der Waals surface area contributed by atoms with Crippen molar-refractivity contribution in [2.75, 3.05) is 13.2 Å². The topological polar surface area (TPSA) is 55.1 Å². The van der Waals surface area contributed by atoms with Crippen molar-refractivity contribution in [1.82, 2.24) is 0 Å². The van der Waals surface area contributed by atoms with Crippen molar-refractivity contribution in [3.05, 3.63) is 30.0 Å². The number of aliphatic hydroxyl groups is 1. The molecule has 1 aliphatic heterocycles. The maximum atomic E-state index is 10.3. The van der Waals surface area contributed by atoms with Gasteiger partial charge in [0.2, 0.25) is 0 Å². The summed E-state index contributed by atoms with van der Waals surface area (Å²) in [5, 5.41) is 11.2. The second-order valence-corrected chi connectivity index (χ2v) is 5.25. The molecule has 1 saturated heterocycles. The average Bonchev–Trinajstić information content (AvgIpc) is 3.16. The average molecular weight is 262 g/mol. The molecule has 1 N–H and O–H groups in total. The highest BCUT2D eigenvalue weighted by Crippen LogP contribution is 2.39. The van der Waals surface area contributed by atoms with Crippen LogP contribution in [0.5, 0.6) is 5.75 Å². The molecule has 0 amide bonds. The quantitative estimate of drug-likeness (QED) is 0.842. The lowest BCUT2D eigenvalue weighted by molar-refractivity contribution is 0.0986. The Morgan fingerprint density at radius 3 is 2.79 bits per heavy atom. The molecule has 3 rings (SSSR count). The Hall–Kier alpha value is -1.52. The number of aliphatic hydroxyl groups excluding tert-OH is 1. The van der Waals surface area contributed by atoms with Gasteiger partial charge in [-0.15, -0.1) is 0 Å². The first kappa shape index (κ1) is 12.5. The van der Waals surface area contributed by atoms with E-state index in [4.69, 9.17) is 13.9 Å². The number of hydrogen-bond acceptors (Lipinski definition) is 4. The summed E-state index contributed by atoms with van der Waals surface area (Å²) in [6.07, 6.45) is -0.486. The van der Waals surface area contributed by atoms with E-state index in [1.165, 1.54) is 0 Å². The molecular weight excluding hydrogens is 244 g/mol. The van der Waals surface area contributed by atoms with Crippen LogP contribution in [0.15, 0.2) is 28.7 Å². The molecule has 4 nitrogen and oxygen atoms in total. The van der Waals surface area contributed by atoms with Gasteiger partial charge >= 0.3 is 0 Å². The predicted molar refractivity (Wildman–Crippen MR) is 71.2 cm³/mol. The van der Waals surface area contributed by atoms with Crippen LogP contribution in [0.25, 0.3) is 11.0 Å². The highest BCUT2D eigenvalue weighted by atomic mass is 16.6. The summed E-state index contributed by atoms with van der Waals surface area (Å²) in [5.41, 5.74) is 0.740. The van der Waals surface area contributed by atoms with E-state index in [1.807, 2.05) is 38.1 Å². The minimum atomic E-state index is -0.664. The zero-order valence-electron chi connectivity index (χ0n) is 11.1. The maximum absolute atomic E-state index is 10.3. The Bertz CT molecular complexity index is 569. The van der Waals surface area contributed by atoms with Gasteiger partial charge in [-0.3, -0.25) is 0 Å². The number of furan rings is 1. The number of epoxide rings is 1. The van der Waals surface area contributed by atoms with Gasteiger partial charge in [0, 0.05) is 0 Å². The highest BCUT2D eigenvalue weighted by Gasteiger charge is 2.28. The number of hydrogen-bond donors (Lipinski definition) is 1. The van der Waals surface area contributed by atoms with Crippen molar-refractivity contribution in [3.8, 4) is 5.75 Å². The van der Waals surface area contributed by atoms with Crippen LogP contribution >= 0.6 is 0 Å². The van der Waals surface area contributed by atoms with E-state index in [1.54, 1.807) is 0 Å². The maximum Gasteiger partial charge on any atom is 0.175 e. The molecule has 19 heavy (non-hydrogen) atoms. The summed E-state index contributed by atoms with van der Waals surface area (Å²) >= 11 is 0. The van der Waals surface area contributed by atoms with Crippen LogP contribution in [0.3, 0.4) is 0 Å². The molecule has 2 aromatic rings. The highest BCUT2D eigenvalue weighted by molar-refractivity contribution is 5.85. The van der Waals surface area contributed by atoms with Crippen LogP contribution < -0.4 is 4.74 Å². The van der Waals surface area contributed by atoms with Gasteiger partial charge in [0.15, 0.2) is 11.5 Å². The van der Waals surface area contributed by atoms with E-state index in [9.17, 15) is 5.11 Å². The molecule has 2 heterocycles. The largest absolute Gasteiger partial charge is 0.486 e. The molecule has 0 spiro atoms. The van der Waals surface area contributed by atoms with Gasteiger partial charge in [-0.25, -0.2) is 0 Å². The number of fused-ring (bicyclic) bond motifs is 1. The molecule has 1 aromatic carbocycles. The molecule has 1 aliphatic rings. The first-order chi connectivity index (χ1) is 9.16. The summed E-state index contributed by atoms with van der Waals surface area (Å²) in [4.78, 5) is 0. The number of rotatable bonds is 5. The van der Waals surface area contributed by atoms with Crippen LogP contribution in [0.1, 0.15) is 25.7 Å². The second-order valence-electron chi connectivity index (χ2n) is 5.25. The monoisotopic (exact) mass is 262 g/mol. The Balaban J connectivity index is 1.99. The third-order valence-corrected chi connectivity index (χ3v) is 3.29. The molecule has 1 aromatic heterocycles. The van der Waals surface area contributed by atoms with Gasteiger partial charge in [0.1, 0.15) is 24.4 Å². The Morgan fingerprint density at radius 2 is 2.11 bits per heavy atom. The van der Waals surface area contributed by atoms with Gasteiger partial charge in [-0.05, 0) is 18.1 Å². The first-order valence-corrected chi connectivity index (χ1v) is 6.60. The first-order valence-electron chi connectivity index (χ1n) is 6.60. The fourth-order valence-corrected chi connectivity index (χ4v) is 2.03. The molecule has 0 saturated carbocycles. The smallest absolute Gasteiger partial charge is 0.175 e.